The fraction of sp³-hybridized carbons (Fsp3) is 0.500. The normalized spacial score (nSPS) is 22.3. The first-order valence-electron chi connectivity index (χ1n) is 5.94. The topological polar surface area (TPSA) is 92.6 Å². The molecule has 102 valence electrons. The maximum Gasteiger partial charge on any atom is 0.358 e. The van der Waals surface area contributed by atoms with Gasteiger partial charge in [0, 0.05) is 6.54 Å². The Morgan fingerprint density at radius 2 is 2.21 bits per heavy atom. The first-order chi connectivity index (χ1) is 9.04. The molecule has 19 heavy (non-hydrogen) atoms. The molecule has 7 heteroatoms. The molecule has 2 unspecified atom stereocenters. The van der Waals surface area contributed by atoms with E-state index in [0.29, 0.717) is 12.4 Å². The van der Waals surface area contributed by atoms with Crippen LogP contribution in [0, 0.1) is 5.92 Å². The number of hydrogen-bond donors (Lipinski definition) is 1. The van der Waals surface area contributed by atoms with Gasteiger partial charge in [-0.3, -0.25) is 4.98 Å². The van der Waals surface area contributed by atoms with Crippen molar-refractivity contribution in [2.45, 2.75) is 19.4 Å². The summed E-state index contributed by atoms with van der Waals surface area (Å²) in [7, 11) is 1.26. The molecule has 2 atom stereocenters. The maximum atomic E-state index is 11.4. The van der Waals surface area contributed by atoms with Crippen molar-refractivity contribution in [1.82, 2.24) is 9.97 Å². The zero-order chi connectivity index (χ0) is 14.0. The van der Waals surface area contributed by atoms with Crippen molar-refractivity contribution in [1.29, 1.82) is 0 Å². The number of anilines is 1. The van der Waals surface area contributed by atoms with E-state index in [0.717, 1.165) is 6.42 Å². The highest BCUT2D eigenvalue weighted by atomic mass is 16.5. The summed E-state index contributed by atoms with van der Waals surface area (Å²) in [4.78, 5) is 32.4. The van der Waals surface area contributed by atoms with E-state index in [-0.39, 0.29) is 11.6 Å². The minimum absolute atomic E-state index is 0.0288. The van der Waals surface area contributed by atoms with Crippen LogP contribution in [0.15, 0.2) is 12.4 Å². The first kappa shape index (κ1) is 13.3. The molecular weight excluding hydrogens is 250 g/mol. The summed E-state index contributed by atoms with van der Waals surface area (Å²) >= 11 is 0. The number of hydrogen-bond acceptors (Lipinski definition) is 6. The number of rotatable bonds is 3. The summed E-state index contributed by atoms with van der Waals surface area (Å²) < 4.78 is 4.57. The number of ether oxygens (including phenoxy) is 1. The molecule has 1 aromatic heterocycles. The van der Waals surface area contributed by atoms with Crippen LogP contribution in [-0.4, -0.2) is 46.7 Å². The molecule has 0 saturated carbocycles. The number of carbonyl (C=O) groups excluding carboxylic acids is 1. The molecule has 0 bridgehead atoms. The molecule has 0 radical (unpaired) electrons. The molecule has 0 amide bonds. The quantitative estimate of drug-likeness (QED) is 0.798. The molecule has 7 nitrogen and oxygen atoms in total. The molecule has 0 spiro atoms. The number of carboxylic acids is 1. The highest BCUT2D eigenvalue weighted by Crippen LogP contribution is 2.28. The minimum Gasteiger partial charge on any atom is -0.480 e. The van der Waals surface area contributed by atoms with E-state index < -0.39 is 18.0 Å². The summed E-state index contributed by atoms with van der Waals surface area (Å²) in [5.74, 6) is -1.07. The van der Waals surface area contributed by atoms with Crippen LogP contribution >= 0.6 is 0 Å². The lowest BCUT2D eigenvalue weighted by Crippen LogP contribution is -2.39. The van der Waals surface area contributed by atoms with Gasteiger partial charge >= 0.3 is 11.9 Å². The van der Waals surface area contributed by atoms with E-state index in [9.17, 15) is 14.7 Å². The third-order valence-electron chi connectivity index (χ3n) is 3.26. The molecule has 2 heterocycles. The molecule has 1 aliphatic rings. The summed E-state index contributed by atoms with van der Waals surface area (Å²) in [5.41, 5.74) is 0.0729. The van der Waals surface area contributed by atoms with Crippen LogP contribution in [-0.2, 0) is 9.53 Å². The van der Waals surface area contributed by atoms with Gasteiger partial charge in [0.05, 0.1) is 19.5 Å². The van der Waals surface area contributed by atoms with E-state index in [2.05, 4.69) is 14.7 Å². The second-order valence-corrected chi connectivity index (χ2v) is 4.50. The highest BCUT2D eigenvalue weighted by molar-refractivity contribution is 5.87. The monoisotopic (exact) mass is 265 g/mol. The molecule has 1 fully saturated rings. The Hall–Kier alpha value is -2.18. The molecule has 1 aliphatic heterocycles. The number of methoxy groups -OCH3 is 1. The van der Waals surface area contributed by atoms with Crippen LogP contribution in [0.25, 0.3) is 0 Å². The van der Waals surface area contributed by atoms with Gasteiger partial charge in [-0.1, -0.05) is 6.92 Å². The van der Waals surface area contributed by atoms with E-state index in [1.807, 2.05) is 6.92 Å². The van der Waals surface area contributed by atoms with Gasteiger partial charge in [-0.15, -0.1) is 0 Å². The Kier molecular flexibility index (Phi) is 3.64. The standard InChI is InChI=1S/C12H15N3O4/c1-7-3-4-15(10(7)11(16)17)9-6-13-5-8(14-9)12(18)19-2/h5-7,10H,3-4H2,1-2H3,(H,16,17). The molecule has 1 N–H and O–H groups in total. The van der Waals surface area contributed by atoms with Gasteiger partial charge in [0.15, 0.2) is 5.69 Å². The van der Waals surface area contributed by atoms with Gasteiger partial charge in [0.1, 0.15) is 11.9 Å². The maximum absolute atomic E-state index is 11.4. The number of carbonyl (C=O) groups is 2. The number of nitrogens with zero attached hydrogens (tertiary/aromatic N) is 3. The average molecular weight is 265 g/mol. The highest BCUT2D eigenvalue weighted by Gasteiger charge is 2.37. The van der Waals surface area contributed by atoms with Crippen molar-refractivity contribution in [3.63, 3.8) is 0 Å². The zero-order valence-corrected chi connectivity index (χ0v) is 10.7. The van der Waals surface area contributed by atoms with Gasteiger partial charge in [-0.05, 0) is 12.3 Å². The lowest BCUT2D eigenvalue weighted by molar-refractivity contribution is -0.139. The molecular formula is C12H15N3O4. The Labute approximate surface area is 110 Å². The number of aliphatic carboxylic acids is 1. The average Bonchev–Trinajstić information content (AvgIpc) is 2.80. The fourth-order valence-electron chi connectivity index (χ4n) is 2.28. The van der Waals surface area contributed by atoms with Crippen LogP contribution < -0.4 is 4.90 Å². The van der Waals surface area contributed by atoms with Crippen molar-refractivity contribution in [3.05, 3.63) is 18.1 Å². The molecule has 0 aromatic carbocycles. The second kappa shape index (κ2) is 5.21. The molecule has 1 saturated heterocycles. The summed E-state index contributed by atoms with van der Waals surface area (Å²) in [6.45, 7) is 2.47. The Balaban J connectivity index is 2.31. The van der Waals surface area contributed by atoms with Crippen LogP contribution in [0.1, 0.15) is 23.8 Å². The lowest BCUT2D eigenvalue weighted by Gasteiger charge is -2.24. The SMILES string of the molecule is COC(=O)c1cncc(N2CCC(C)C2C(=O)O)n1. The Morgan fingerprint density at radius 3 is 2.84 bits per heavy atom. The largest absolute Gasteiger partial charge is 0.480 e. The molecule has 0 aliphatic carbocycles. The predicted molar refractivity (Wildman–Crippen MR) is 65.9 cm³/mol. The Morgan fingerprint density at radius 1 is 1.47 bits per heavy atom. The molecule has 1 aromatic rings. The second-order valence-electron chi connectivity index (χ2n) is 4.50. The number of aromatic nitrogens is 2. The van der Waals surface area contributed by atoms with Crippen molar-refractivity contribution in [3.8, 4) is 0 Å². The van der Waals surface area contributed by atoms with Crippen molar-refractivity contribution in [2.75, 3.05) is 18.6 Å². The summed E-state index contributed by atoms with van der Waals surface area (Å²) in [5, 5.41) is 9.26. The van der Waals surface area contributed by atoms with Crippen molar-refractivity contribution < 1.29 is 19.4 Å². The first-order valence-corrected chi connectivity index (χ1v) is 5.94. The minimum atomic E-state index is -0.893. The van der Waals surface area contributed by atoms with Crippen LogP contribution in [0.2, 0.25) is 0 Å². The number of carboxylic acid groups (broad SMARTS) is 1. The summed E-state index contributed by atoms with van der Waals surface area (Å²) in [6, 6.07) is -0.637. The van der Waals surface area contributed by atoms with E-state index >= 15 is 0 Å². The fourth-order valence-corrected chi connectivity index (χ4v) is 2.28. The van der Waals surface area contributed by atoms with Crippen molar-refractivity contribution in [2.24, 2.45) is 5.92 Å². The summed E-state index contributed by atoms with van der Waals surface area (Å²) in [6.07, 6.45) is 3.52. The van der Waals surface area contributed by atoms with Crippen LogP contribution in [0.4, 0.5) is 5.82 Å². The smallest absolute Gasteiger partial charge is 0.358 e. The van der Waals surface area contributed by atoms with E-state index in [1.54, 1.807) is 4.90 Å². The van der Waals surface area contributed by atoms with Crippen LogP contribution in [0.5, 0.6) is 0 Å². The third kappa shape index (κ3) is 2.49. The van der Waals surface area contributed by atoms with Gasteiger partial charge in [-0.2, -0.15) is 0 Å². The van der Waals surface area contributed by atoms with E-state index in [1.165, 1.54) is 19.5 Å². The third-order valence-corrected chi connectivity index (χ3v) is 3.26. The van der Waals surface area contributed by atoms with Gasteiger partial charge < -0.3 is 14.7 Å². The van der Waals surface area contributed by atoms with Crippen LogP contribution in [0.3, 0.4) is 0 Å². The predicted octanol–water partition coefficient (Wildman–Crippen LogP) is 0.563. The Bertz CT molecular complexity index is 506. The van der Waals surface area contributed by atoms with Gasteiger partial charge in [0.25, 0.3) is 0 Å². The van der Waals surface area contributed by atoms with Gasteiger partial charge in [0.2, 0.25) is 0 Å². The van der Waals surface area contributed by atoms with Crippen molar-refractivity contribution >= 4 is 17.8 Å². The van der Waals surface area contributed by atoms with E-state index in [4.69, 9.17) is 0 Å². The lowest BCUT2D eigenvalue weighted by atomic mass is 10.0. The van der Waals surface area contributed by atoms with Gasteiger partial charge in [-0.25, -0.2) is 14.6 Å². The molecule has 2 rings (SSSR count). The number of esters is 1. The zero-order valence-electron chi connectivity index (χ0n) is 10.7.